The summed E-state index contributed by atoms with van der Waals surface area (Å²) < 4.78 is 5.55. The van der Waals surface area contributed by atoms with Gasteiger partial charge in [0.15, 0.2) is 11.3 Å². The second-order valence-electron chi connectivity index (χ2n) is 9.69. The number of aromatic nitrogens is 1. The van der Waals surface area contributed by atoms with E-state index in [1.807, 2.05) is 85.9 Å². The highest BCUT2D eigenvalue weighted by molar-refractivity contribution is 6.43. The Labute approximate surface area is 253 Å². The molecule has 0 bridgehead atoms. The summed E-state index contributed by atoms with van der Waals surface area (Å²) in [6.45, 7) is 1.16. The number of halogens is 2. The average Bonchev–Trinajstić information content (AvgIpc) is 3.34. The Bertz CT molecular complexity index is 1360. The van der Waals surface area contributed by atoms with Crippen molar-refractivity contribution in [2.24, 2.45) is 5.10 Å². The lowest BCUT2D eigenvalue weighted by atomic mass is 9.69. The third kappa shape index (κ3) is 6.06. The fraction of sp³-hybridized carbons (Fsp3) is 0.290. The number of benzene rings is 2. The molecule has 2 N–H and O–H groups in total. The summed E-state index contributed by atoms with van der Waals surface area (Å²) >= 11 is 0. The normalized spacial score (nSPS) is 22.5. The van der Waals surface area contributed by atoms with Gasteiger partial charge in [0, 0.05) is 30.9 Å². The highest BCUT2D eigenvalue weighted by Crippen LogP contribution is 2.50. The van der Waals surface area contributed by atoms with Crippen molar-refractivity contribution in [1.82, 2.24) is 20.6 Å². The van der Waals surface area contributed by atoms with E-state index in [0.717, 1.165) is 11.1 Å². The topological polar surface area (TPSA) is 95.9 Å². The van der Waals surface area contributed by atoms with Crippen LogP contribution in [0.4, 0.5) is 0 Å². The van der Waals surface area contributed by atoms with Crippen molar-refractivity contribution in [3.8, 4) is 0 Å². The molecule has 3 aromatic rings. The van der Waals surface area contributed by atoms with E-state index >= 15 is 0 Å². The minimum absolute atomic E-state index is 0. The molecule has 4 atom stereocenters. The zero-order chi connectivity index (χ0) is 27.2. The fourth-order valence-electron chi connectivity index (χ4n) is 5.65. The van der Waals surface area contributed by atoms with Gasteiger partial charge >= 0.3 is 5.97 Å². The van der Waals surface area contributed by atoms with Crippen LogP contribution >= 0.6 is 24.8 Å². The molecule has 0 saturated carbocycles. The molecule has 3 heterocycles. The summed E-state index contributed by atoms with van der Waals surface area (Å²) in [6.07, 6.45) is 5.87. The van der Waals surface area contributed by atoms with Crippen LogP contribution in [0, 0.1) is 0 Å². The summed E-state index contributed by atoms with van der Waals surface area (Å²) in [4.78, 5) is 32.4. The van der Waals surface area contributed by atoms with Crippen LogP contribution < -0.4 is 10.6 Å². The Morgan fingerprint density at radius 2 is 1.56 bits per heavy atom. The molecule has 0 radical (unpaired) electrons. The van der Waals surface area contributed by atoms with Gasteiger partial charge in [-0.15, -0.1) is 24.8 Å². The van der Waals surface area contributed by atoms with Crippen LogP contribution in [-0.4, -0.2) is 66.3 Å². The van der Waals surface area contributed by atoms with Crippen molar-refractivity contribution in [3.63, 3.8) is 0 Å². The third-order valence-corrected chi connectivity index (χ3v) is 7.42. The van der Waals surface area contributed by atoms with Gasteiger partial charge in [-0.3, -0.25) is 14.8 Å². The second-order valence-corrected chi connectivity index (χ2v) is 9.69. The molecule has 216 valence electrons. The summed E-state index contributed by atoms with van der Waals surface area (Å²) in [5.41, 5.74) is 1.50. The number of nitrogens with one attached hydrogen (secondary N) is 2. The van der Waals surface area contributed by atoms with E-state index in [0.29, 0.717) is 24.5 Å². The van der Waals surface area contributed by atoms with E-state index < -0.39 is 23.5 Å². The average molecular weight is 597 g/mol. The molecule has 1 aromatic heterocycles. The van der Waals surface area contributed by atoms with E-state index in [1.54, 1.807) is 11.2 Å². The Balaban J connectivity index is 0.00000231. The highest BCUT2D eigenvalue weighted by atomic mass is 35.5. The predicted octanol–water partition coefficient (Wildman–Crippen LogP) is 3.89. The zero-order valence-electron chi connectivity index (χ0n) is 23.0. The Kier molecular flexibility index (Phi) is 11.2. The quantitative estimate of drug-likeness (QED) is 0.208. The number of fused-ring (bicyclic) bond motifs is 1. The second kappa shape index (κ2) is 14.4. The van der Waals surface area contributed by atoms with Crippen molar-refractivity contribution < 1.29 is 14.3 Å². The number of hydrazone groups is 1. The van der Waals surface area contributed by atoms with Crippen LogP contribution in [-0.2, 0) is 20.7 Å². The first-order valence-corrected chi connectivity index (χ1v) is 13.2. The molecule has 0 amide bonds. The number of pyridine rings is 1. The summed E-state index contributed by atoms with van der Waals surface area (Å²) in [7, 11) is 3.26. The molecule has 8 nitrogen and oxygen atoms in total. The number of nitrogens with zero attached hydrogens (tertiary/aromatic N) is 3. The molecule has 2 aliphatic rings. The maximum absolute atomic E-state index is 14.2. The van der Waals surface area contributed by atoms with Crippen LogP contribution in [0.3, 0.4) is 0 Å². The smallest absolute Gasteiger partial charge is 0.336 e. The first-order chi connectivity index (χ1) is 19.1. The summed E-state index contributed by atoms with van der Waals surface area (Å²) in [5, 5.41) is 13.4. The lowest BCUT2D eigenvalue weighted by Crippen LogP contribution is -2.68. The monoisotopic (exact) mass is 595 g/mol. The molecule has 0 saturated heterocycles. The van der Waals surface area contributed by atoms with Crippen molar-refractivity contribution in [2.75, 3.05) is 27.2 Å². The SMILES string of the molecule is CNCCN[C@H]1C(C(=O)Cc2ccccn2)=NN2[C@@H](c3ccccc3)C=C[C@@H](c3ccccc3)C12C(=O)OC.Cl.Cl. The number of rotatable bonds is 10. The maximum Gasteiger partial charge on any atom is 0.336 e. The van der Waals surface area contributed by atoms with Gasteiger partial charge in [0.2, 0.25) is 0 Å². The fourth-order valence-corrected chi connectivity index (χ4v) is 5.65. The molecule has 0 aliphatic carbocycles. The molecule has 1 unspecified atom stereocenters. The number of carbonyl (C=O) groups excluding carboxylic acids is 2. The number of ether oxygens (including phenoxy) is 1. The molecule has 2 aliphatic heterocycles. The first kappa shape index (κ1) is 32.0. The summed E-state index contributed by atoms with van der Waals surface area (Å²) in [5.74, 6) is -1.07. The van der Waals surface area contributed by atoms with Crippen molar-refractivity contribution in [1.29, 1.82) is 0 Å². The molecular formula is C31H35Cl2N5O3. The number of hydrogen-bond acceptors (Lipinski definition) is 8. The molecule has 2 aromatic carbocycles. The summed E-state index contributed by atoms with van der Waals surface area (Å²) in [6, 6.07) is 24.1. The van der Waals surface area contributed by atoms with Gasteiger partial charge in [0.1, 0.15) is 5.71 Å². The minimum atomic E-state index is -1.34. The Morgan fingerprint density at radius 3 is 2.17 bits per heavy atom. The van der Waals surface area contributed by atoms with Crippen molar-refractivity contribution >= 4 is 42.3 Å². The number of methoxy groups -OCH3 is 1. The van der Waals surface area contributed by atoms with Gasteiger partial charge in [0.25, 0.3) is 0 Å². The van der Waals surface area contributed by atoms with Crippen LogP contribution in [0.25, 0.3) is 0 Å². The van der Waals surface area contributed by atoms with Crippen LogP contribution in [0.15, 0.2) is 102 Å². The predicted molar refractivity (Wildman–Crippen MR) is 165 cm³/mol. The number of hydrogen-bond donors (Lipinski definition) is 2. The van der Waals surface area contributed by atoms with Gasteiger partial charge < -0.3 is 15.4 Å². The Hall–Kier alpha value is -3.56. The molecule has 5 rings (SSSR count). The molecule has 41 heavy (non-hydrogen) atoms. The molecule has 10 heteroatoms. The van der Waals surface area contributed by atoms with Gasteiger partial charge in [-0.2, -0.15) is 5.10 Å². The lowest BCUT2D eigenvalue weighted by molar-refractivity contribution is -0.158. The van der Waals surface area contributed by atoms with Gasteiger partial charge in [-0.05, 0) is 30.3 Å². The number of carbonyl (C=O) groups is 2. The number of likely N-dealkylation sites (N-methyl/N-ethyl adjacent to an activating group) is 1. The highest BCUT2D eigenvalue weighted by Gasteiger charge is 2.65. The van der Waals surface area contributed by atoms with E-state index in [4.69, 9.17) is 9.84 Å². The van der Waals surface area contributed by atoms with Gasteiger partial charge in [0.05, 0.1) is 25.6 Å². The maximum atomic E-state index is 14.2. The largest absolute Gasteiger partial charge is 0.467 e. The van der Waals surface area contributed by atoms with Gasteiger partial charge in [-0.1, -0.05) is 78.9 Å². The minimum Gasteiger partial charge on any atom is -0.467 e. The zero-order valence-corrected chi connectivity index (χ0v) is 24.6. The standard InChI is InChI=1S/C31H33N5O3.2ClH/c1-32-19-20-34-29-28(27(37)21-24-15-9-10-18-33-24)35-36-26(23-13-7-4-8-14-23)17-16-25(22-11-5-3-6-12-22)31(29,36)30(38)39-2;;/h3-18,25-26,29,32,34H,19-21H2,1-2H3;2*1H/t25-,26+,29-,31?;;/m0../s1. The van der Waals surface area contributed by atoms with Crippen molar-refractivity contribution in [2.45, 2.75) is 30.0 Å². The lowest BCUT2D eigenvalue weighted by Gasteiger charge is -2.49. The van der Waals surface area contributed by atoms with E-state index in [1.165, 1.54) is 7.11 Å². The molecule has 0 spiro atoms. The number of Topliss-reactive ketones (excluding diaryl/α,β-unsaturated/α-hetero) is 1. The third-order valence-electron chi connectivity index (χ3n) is 7.42. The van der Waals surface area contributed by atoms with E-state index in [9.17, 15) is 9.59 Å². The van der Waals surface area contributed by atoms with E-state index in [-0.39, 0.29) is 43.1 Å². The van der Waals surface area contributed by atoms with Crippen molar-refractivity contribution in [3.05, 3.63) is 114 Å². The molecule has 0 fully saturated rings. The van der Waals surface area contributed by atoms with Crippen LogP contribution in [0.5, 0.6) is 0 Å². The molecular weight excluding hydrogens is 561 g/mol. The number of ketones is 1. The number of esters is 1. The first-order valence-electron chi connectivity index (χ1n) is 13.2. The van der Waals surface area contributed by atoms with Gasteiger partial charge in [-0.25, -0.2) is 4.79 Å². The van der Waals surface area contributed by atoms with Crippen LogP contribution in [0.1, 0.15) is 28.8 Å². The Morgan fingerprint density at radius 1 is 0.902 bits per heavy atom. The van der Waals surface area contributed by atoms with E-state index in [2.05, 4.69) is 27.8 Å². The van der Waals surface area contributed by atoms with Crippen LogP contribution in [0.2, 0.25) is 0 Å².